The molecular weight excluding hydrogens is 232 g/mol. The number of alkyl halides is 2. The summed E-state index contributed by atoms with van der Waals surface area (Å²) < 4.78 is 30.6. The van der Waals surface area contributed by atoms with E-state index in [1.54, 1.807) is 0 Å². The van der Waals surface area contributed by atoms with Crippen molar-refractivity contribution in [2.24, 2.45) is 5.73 Å². The molecule has 94 valence electrons. The maximum absolute atomic E-state index is 12.9. The Morgan fingerprint density at radius 2 is 2.18 bits per heavy atom. The van der Waals surface area contributed by atoms with Crippen LogP contribution in [0.5, 0.6) is 5.75 Å². The van der Waals surface area contributed by atoms with Gasteiger partial charge in [-0.25, -0.2) is 8.78 Å². The number of halogens is 2. The largest absolute Gasteiger partial charge is 0.496 e. The first kappa shape index (κ1) is 13.4. The molecule has 1 unspecified atom stereocenters. The van der Waals surface area contributed by atoms with Crippen molar-refractivity contribution < 1.29 is 23.4 Å². The third kappa shape index (κ3) is 3.13. The highest BCUT2D eigenvalue weighted by Crippen LogP contribution is 2.35. The third-order valence-electron chi connectivity index (χ3n) is 2.33. The molecule has 17 heavy (non-hydrogen) atoms. The van der Waals surface area contributed by atoms with Crippen molar-refractivity contribution in [3.05, 3.63) is 29.3 Å². The van der Waals surface area contributed by atoms with E-state index in [1.807, 2.05) is 0 Å². The number of aliphatic carboxylic acids is 1. The average Bonchev–Trinajstić information content (AvgIpc) is 2.26. The normalized spacial score (nSPS) is 12.5. The van der Waals surface area contributed by atoms with Gasteiger partial charge in [-0.3, -0.25) is 4.79 Å². The van der Waals surface area contributed by atoms with Crippen LogP contribution in [0.3, 0.4) is 0 Å². The van der Waals surface area contributed by atoms with Crippen LogP contribution in [-0.4, -0.2) is 18.2 Å². The molecular formula is C11H13F2NO3. The van der Waals surface area contributed by atoms with Crippen LogP contribution in [0.25, 0.3) is 0 Å². The minimum absolute atomic E-state index is 0.0124. The zero-order valence-corrected chi connectivity index (χ0v) is 9.19. The molecule has 0 amide bonds. The van der Waals surface area contributed by atoms with Crippen molar-refractivity contribution in [3.8, 4) is 5.75 Å². The molecule has 0 aromatic heterocycles. The molecule has 0 heterocycles. The van der Waals surface area contributed by atoms with E-state index in [0.717, 1.165) is 0 Å². The van der Waals surface area contributed by atoms with Gasteiger partial charge in [-0.2, -0.15) is 0 Å². The van der Waals surface area contributed by atoms with Crippen LogP contribution < -0.4 is 10.5 Å². The first-order valence-corrected chi connectivity index (χ1v) is 4.89. The number of carbonyl (C=O) groups is 1. The van der Waals surface area contributed by atoms with Crippen molar-refractivity contribution in [1.29, 1.82) is 0 Å². The molecule has 0 spiro atoms. The Bertz CT molecular complexity index is 410. The van der Waals surface area contributed by atoms with Crippen LogP contribution in [0, 0.1) is 0 Å². The van der Waals surface area contributed by atoms with Crippen molar-refractivity contribution in [2.75, 3.05) is 7.11 Å². The number of hydrogen-bond acceptors (Lipinski definition) is 3. The first-order chi connectivity index (χ1) is 7.97. The van der Waals surface area contributed by atoms with Crippen LogP contribution in [0.2, 0.25) is 0 Å². The van der Waals surface area contributed by atoms with E-state index in [2.05, 4.69) is 0 Å². The number of carboxylic acids is 1. The average molecular weight is 245 g/mol. The van der Waals surface area contributed by atoms with Gasteiger partial charge in [0, 0.05) is 6.04 Å². The number of methoxy groups -OCH3 is 1. The van der Waals surface area contributed by atoms with E-state index in [-0.39, 0.29) is 16.9 Å². The Morgan fingerprint density at radius 3 is 2.65 bits per heavy atom. The summed E-state index contributed by atoms with van der Waals surface area (Å²) in [6, 6.07) is 3.30. The van der Waals surface area contributed by atoms with Crippen LogP contribution in [0.4, 0.5) is 8.78 Å². The lowest BCUT2D eigenvalue weighted by Crippen LogP contribution is -2.17. The van der Waals surface area contributed by atoms with E-state index in [1.165, 1.54) is 25.3 Å². The second kappa shape index (κ2) is 5.58. The molecule has 0 saturated carbocycles. The van der Waals surface area contributed by atoms with E-state index in [0.29, 0.717) is 0 Å². The van der Waals surface area contributed by atoms with Crippen LogP contribution in [-0.2, 0) is 4.79 Å². The van der Waals surface area contributed by atoms with Crippen molar-refractivity contribution in [1.82, 2.24) is 0 Å². The fraction of sp³-hybridized carbons (Fsp3) is 0.364. The quantitative estimate of drug-likeness (QED) is 0.833. The molecule has 0 bridgehead atoms. The van der Waals surface area contributed by atoms with Gasteiger partial charge in [-0.1, -0.05) is 12.1 Å². The van der Waals surface area contributed by atoms with Gasteiger partial charge >= 0.3 is 5.97 Å². The molecule has 0 aliphatic heterocycles. The molecule has 0 saturated heterocycles. The number of carboxylic acid groups (broad SMARTS) is 1. The number of benzene rings is 1. The summed E-state index contributed by atoms with van der Waals surface area (Å²) in [6.45, 7) is 0. The molecule has 3 N–H and O–H groups in total. The fourth-order valence-corrected chi connectivity index (χ4v) is 1.59. The molecule has 0 radical (unpaired) electrons. The Labute approximate surface area is 97.0 Å². The lowest BCUT2D eigenvalue weighted by Gasteiger charge is -2.17. The summed E-state index contributed by atoms with van der Waals surface area (Å²) in [5.74, 6) is -1.13. The monoisotopic (exact) mass is 245 g/mol. The third-order valence-corrected chi connectivity index (χ3v) is 2.33. The molecule has 1 rings (SSSR count). The van der Waals surface area contributed by atoms with E-state index < -0.39 is 24.9 Å². The minimum atomic E-state index is -2.76. The second-order valence-electron chi connectivity index (χ2n) is 3.47. The van der Waals surface area contributed by atoms with Crippen molar-refractivity contribution >= 4 is 5.97 Å². The first-order valence-electron chi connectivity index (χ1n) is 4.89. The standard InChI is InChI=1S/C11H13F2NO3/c1-17-8-4-2-3-6(10(8)11(12)13)7(14)5-9(15)16/h2-4,7,11H,5,14H2,1H3,(H,15,16). The van der Waals surface area contributed by atoms with Crippen molar-refractivity contribution in [3.63, 3.8) is 0 Å². The summed E-state index contributed by atoms with van der Waals surface area (Å²) in [7, 11) is 1.27. The topological polar surface area (TPSA) is 72.5 Å². The van der Waals surface area contributed by atoms with Gasteiger partial charge in [-0.05, 0) is 11.6 Å². The summed E-state index contributed by atoms with van der Waals surface area (Å²) in [4.78, 5) is 10.5. The molecule has 0 aliphatic carbocycles. The van der Waals surface area contributed by atoms with Crippen molar-refractivity contribution in [2.45, 2.75) is 18.9 Å². The van der Waals surface area contributed by atoms with Crippen LogP contribution >= 0.6 is 0 Å². The lowest BCUT2D eigenvalue weighted by molar-refractivity contribution is -0.137. The zero-order chi connectivity index (χ0) is 13.0. The highest BCUT2D eigenvalue weighted by Gasteiger charge is 2.23. The summed E-state index contributed by atoms with van der Waals surface area (Å²) >= 11 is 0. The van der Waals surface area contributed by atoms with Crippen LogP contribution in [0.1, 0.15) is 30.0 Å². The van der Waals surface area contributed by atoms with E-state index in [9.17, 15) is 13.6 Å². The molecule has 6 heteroatoms. The summed E-state index contributed by atoms with van der Waals surface area (Å²) in [6.07, 6.45) is -3.17. The van der Waals surface area contributed by atoms with Gasteiger partial charge in [0.1, 0.15) is 5.75 Å². The Hall–Kier alpha value is -1.69. The van der Waals surface area contributed by atoms with E-state index >= 15 is 0 Å². The number of hydrogen-bond donors (Lipinski definition) is 2. The van der Waals surface area contributed by atoms with Crippen LogP contribution in [0.15, 0.2) is 18.2 Å². The second-order valence-corrected chi connectivity index (χ2v) is 3.47. The zero-order valence-electron chi connectivity index (χ0n) is 9.19. The van der Waals surface area contributed by atoms with Gasteiger partial charge in [0.25, 0.3) is 6.43 Å². The predicted octanol–water partition coefficient (Wildman–Crippen LogP) is 2.11. The minimum Gasteiger partial charge on any atom is -0.496 e. The molecule has 1 aromatic rings. The van der Waals surface area contributed by atoms with Gasteiger partial charge in [0.2, 0.25) is 0 Å². The number of nitrogens with two attached hydrogens (primary N) is 1. The molecule has 0 fully saturated rings. The number of ether oxygens (including phenoxy) is 1. The Balaban J connectivity index is 3.18. The maximum atomic E-state index is 12.9. The summed E-state index contributed by atoms with van der Waals surface area (Å²) in [5.41, 5.74) is 5.34. The lowest BCUT2D eigenvalue weighted by atomic mass is 9.98. The Kier molecular flexibility index (Phi) is 4.39. The number of rotatable bonds is 5. The summed E-state index contributed by atoms with van der Waals surface area (Å²) in [5, 5.41) is 8.60. The van der Waals surface area contributed by atoms with Gasteiger partial charge < -0.3 is 15.6 Å². The van der Waals surface area contributed by atoms with Gasteiger partial charge in [0.05, 0.1) is 19.1 Å². The Morgan fingerprint density at radius 1 is 1.53 bits per heavy atom. The maximum Gasteiger partial charge on any atom is 0.305 e. The fourth-order valence-electron chi connectivity index (χ4n) is 1.59. The predicted molar refractivity (Wildman–Crippen MR) is 57.1 cm³/mol. The molecule has 4 nitrogen and oxygen atoms in total. The van der Waals surface area contributed by atoms with Gasteiger partial charge in [-0.15, -0.1) is 0 Å². The SMILES string of the molecule is COc1cccc(C(N)CC(=O)O)c1C(F)F. The highest BCUT2D eigenvalue weighted by atomic mass is 19.3. The highest BCUT2D eigenvalue weighted by molar-refractivity contribution is 5.68. The van der Waals surface area contributed by atoms with E-state index in [4.69, 9.17) is 15.6 Å². The smallest absolute Gasteiger partial charge is 0.305 e. The molecule has 0 aliphatic rings. The van der Waals surface area contributed by atoms with Gasteiger partial charge in [0.15, 0.2) is 0 Å². The molecule has 1 atom stereocenters. The molecule has 1 aromatic carbocycles.